The van der Waals surface area contributed by atoms with Gasteiger partial charge in [0.05, 0.1) is 10.0 Å². The molecular formula is C8H6BrFO3. The van der Waals surface area contributed by atoms with Crippen molar-refractivity contribution >= 4 is 21.7 Å². The lowest BCUT2D eigenvalue weighted by molar-refractivity contribution is 0.101. The van der Waals surface area contributed by atoms with Crippen molar-refractivity contribution in [1.82, 2.24) is 0 Å². The lowest BCUT2D eigenvalue weighted by atomic mass is 10.1. The highest BCUT2D eigenvalue weighted by molar-refractivity contribution is 9.10. The van der Waals surface area contributed by atoms with Crippen LogP contribution in [0, 0.1) is 5.82 Å². The van der Waals surface area contributed by atoms with E-state index >= 15 is 0 Å². The first-order valence-electron chi connectivity index (χ1n) is 3.36. The molecule has 0 radical (unpaired) electrons. The Morgan fingerprint density at radius 3 is 2.54 bits per heavy atom. The molecule has 1 aromatic rings. The number of aromatic hydroxyl groups is 2. The Balaban J connectivity index is 3.53. The van der Waals surface area contributed by atoms with Gasteiger partial charge >= 0.3 is 0 Å². The minimum Gasteiger partial charge on any atom is -0.504 e. The maximum Gasteiger partial charge on any atom is 0.172 e. The molecule has 1 rings (SSSR count). The van der Waals surface area contributed by atoms with Gasteiger partial charge in [-0.2, -0.15) is 0 Å². The molecule has 0 saturated carbocycles. The van der Waals surface area contributed by atoms with Crippen LogP contribution >= 0.6 is 15.9 Å². The molecule has 0 heterocycles. The zero-order chi connectivity index (χ0) is 10.2. The van der Waals surface area contributed by atoms with Crippen molar-refractivity contribution in [3.63, 3.8) is 0 Å². The van der Waals surface area contributed by atoms with Gasteiger partial charge in [-0.15, -0.1) is 0 Å². The fraction of sp³-hybridized carbons (Fsp3) is 0.125. The van der Waals surface area contributed by atoms with Gasteiger partial charge in [0.1, 0.15) is 5.82 Å². The molecule has 0 aromatic heterocycles. The lowest BCUT2D eigenvalue weighted by Crippen LogP contribution is -1.98. The highest BCUT2D eigenvalue weighted by Crippen LogP contribution is 2.37. The lowest BCUT2D eigenvalue weighted by Gasteiger charge is -2.05. The SMILES string of the molecule is CC(=O)c1c(F)cc(O)c(O)c1Br. The smallest absolute Gasteiger partial charge is 0.172 e. The van der Waals surface area contributed by atoms with Gasteiger partial charge in [-0.1, -0.05) is 0 Å². The highest BCUT2D eigenvalue weighted by Gasteiger charge is 2.18. The molecule has 5 heteroatoms. The molecule has 0 fully saturated rings. The van der Waals surface area contributed by atoms with Gasteiger partial charge in [0.2, 0.25) is 0 Å². The van der Waals surface area contributed by atoms with Gasteiger partial charge in [-0.25, -0.2) is 4.39 Å². The number of carbonyl (C=O) groups excluding carboxylic acids is 1. The summed E-state index contributed by atoms with van der Waals surface area (Å²) in [5.41, 5.74) is -0.268. The van der Waals surface area contributed by atoms with E-state index in [2.05, 4.69) is 15.9 Å². The zero-order valence-electron chi connectivity index (χ0n) is 6.64. The topological polar surface area (TPSA) is 57.5 Å². The first kappa shape index (κ1) is 9.98. The maximum absolute atomic E-state index is 13.0. The van der Waals surface area contributed by atoms with Crippen LogP contribution in [0.1, 0.15) is 17.3 Å². The van der Waals surface area contributed by atoms with Crippen molar-refractivity contribution < 1.29 is 19.4 Å². The van der Waals surface area contributed by atoms with Crippen LogP contribution in [0.2, 0.25) is 0 Å². The first-order valence-corrected chi connectivity index (χ1v) is 4.15. The van der Waals surface area contributed by atoms with Crippen LogP contribution < -0.4 is 0 Å². The summed E-state index contributed by atoms with van der Waals surface area (Å²) < 4.78 is 12.9. The monoisotopic (exact) mass is 248 g/mol. The van der Waals surface area contributed by atoms with Crippen molar-refractivity contribution in [3.8, 4) is 11.5 Å². The highest BCUT2D eigenvalue weighted by atomic mass is 79.9. The van der Waals surface area contributed by atoms with E-state index in [0.29, 0.717) is 6.07 Å². The molecule has 0 saturated heterocycles. The summed E-state index contributed by atoms with van der Waals surface area (Å²) in [4.78, 5) is 10.9. The van der Waals surface area contributed by atoms with Gasteiger partial charge in [0, 0.05) is 6.07 Å². The molecule has 0 amide bonds. The summed E-state index contributed by atoms with van der Waals surface area (Å²) in [7, 11) is 0. The minimum absolute atomic E-state index is 0.127. The van der Waals surface area contributed by atoms with Crippen molar-refractivity contribution in [2.75, 3.05) is 0 Å². The van der Waals surface area contributed by atoms with E-state index in [0.717, 1.165) is 0 Å². The summed E-state index contributed by atoms with van der Waals surface area (Å²) in [6.07, 6.45) is 0. The predicted molar refractivity (Wildman–Crippen MR) is 47.4 cm³/mol. The summed E-state index contributed by atoms with van der Waals surface area (Å²) >= 11 is 2.81. The Bertz CT molecular complexity index is 376. The Morgan fingerprint density at radius 1 is 1.54 bits per heavy atom. The average Bonchev–Trinajstić information content (AvgIpc) is 1.99. The number of hydrogen-bond acceptors (Lipinski definition) is 3. The van der Waals surface area contributed by atoms with Crippen molar-refractivity contribution in [2.24, 2.45) is 0 Å². The van der Waals surface area contributed by atoms with Crippen molar-refractivity contribution in [2.45, 2.75) is 6.92 Å². The fourth-order valence-electron chi connectivity index (χ4n) is 0.919. The van der Waals surface area contributed by atoms with E-state index < -0.39 is 23.1 Å². The van der Waals surface area contributed by atoms with Crippen LogP contribution in [0.4, 0.5) is 4.39 Å². The van der Waals surface area contributed by atoms with Crippen LogP contribution in [-0.4, -0.2) is 16.0 Å². The van der Waals surface area contributed by atoms with Gasteiger partial charge < -0.3 is 10.2 Å². The van der Waals surface area contributed by atoms with Crippen LogP contribution in [0.15, 0.2) is 10.5 Å². The predicted octanol–water partition coefficient (Wildman–Crippen LogP) is 2.20. The van der Waals surface area contributed by atoms with Crippen LogP contribution in [0.5, 0.6) is 11.5 Å². The molecule has 13 heavy (non-hydrogen) atoms. The second kappa shape index (κ2) is 3.33. The van der Waals surface area contributed by atoms with E-state index in [1.165, 1.54) is 6.92 Å². The minimum atomic E-state index is -0.866. The quantitative estimate of drug-likeness (QED) is 0.592. The van der Waals surface area contributed by atoms with E-state index in [1.54, 1.807) is 0 Å². The van der Waals surface area contributed by atoms with Crippen LogP contribution in [-0.2, 0) is 0 Å². The number of phenols is 2. The van der Waals surface area contributed by atoms with E-state index in [9.17, 15) is 9.18 Å². The zero-order valence-corrected chi connectivity index (χ0v) is 8.22. The molecule has 0 aliphatic carbocycles. The molecule has 0 aliphatic rings. The molecule has 0 aliphatic heterocycles. The number of hydrogen-bond donors (Lipinski definition) is 2. The molecule has 3 nitrogen and oxygen atoms in total. The number of Topliss-reactive ketones (excluding diaryl/α,β-unsaturated/α-hetero) is 1. The van der Waals surface area contributed by atoms with Crippen LogP contribution in [0.3, 0.4) is 0 Å². The summed E-state index contributed by atoms with van der Waals surface area (Å²) in [6.45, 7) is 1.17. The molecule has 0 unspecified atom stereocenters. The summed E-state index contributed by atoms with van der Waals surface area (Å²) in [5.74, 6) is -2.53. The molecule has 0 spiro atoms. The third-order valence-corrected chi connectivity index (χ3v) is 2.30. The second-order valence-corrected chi connectivity index (χ2v) is 3.26. The fourth-order valence-corrected chi connectivity index (χ4v) is 1.59. The standard InChI is InChI=1S/C8H6BrFO3/c1-3(11)6-4(10)2-5(12)8(13)7(6)9/h2,12-13H,1H3. The van der Waals surface area contributed by atoms with Crippen molar-refractivity contribution in [1.29, 1.82) is 0 Å². The number of benzene rings is 1. The Morgan fingerprint density at radius 2 is 2.08 bits per heavy atom. The Labute approximate surface area is 81.9 Å². The average molecular weight is 249 g/mol. The molecule has 70 valence electrons. The summed E-state index contributed by atoms with van der Waals surface area (Å²) in [5, 5.41) is 18.1. The number of halogens is 2. The summed E-state index contributed by atoms with van der Waals surface area (Å²) in [6, 6.07) is 0.691. The molecular weight excluding hydrogens is 243 g/mol. The largest absolute Gasteiger partial charge is 0.504 e. The number of carbonyl (C=O) groups is 1. The Kier molecular flexibility index (Phi) is 2.56. The first-order chi connectivity index (χ1) is 5.95. The molecule has 2 N–H and O–H groups in total. The van der Waals surface area contributed by atoms with E-state index in [4.69, 9.17) is 10.2 Å². The van der Waals surface area contributed by atoms with Gasteiger partial charge in [0.15, 0.2) is 17.3 Å². The number of phenolic OH excluding ortho intramolecular Hbond substituents is 2. The van der Waals surface area contributed by atoms with Gasteiger partial charge in [-0.3, -0.25) is 4.79 Å². The van der Waals surface area contributed by atoms with Crippen molar-refractivity contribution in [3.05, 3.63) is 21.9 Å². The second-order valence-electron chi connectivity index (χ2n) is 2.47. The third-order valence-electron chi connectivity index (χ3n) is 1.52. The third kappa shape index (κ3) is 1.65. The molecule has 1 aromatic carbocycles. The van der Waals surface area contributed by atoms with E-state index in [-0.39, 0.29) is 10.0 Å². The van der Waals surface area contributed by atoms with E-state index in [1.807, 2.05) is 0 Å². The van der Waals surface area contributed by atoms with Gasteiger partial charge in [0.25, 0.3) is 0 Å². The normalized spacial score (nSPS) is 10.1. The Hall–Kier alpha value is -1.10. The number of ketones is 1. The number of rotatable bonds is 1. The maximum atomic E-state index is 13.0. The van der Waals surface area contributed by atoms with Gasteiger partial charge in [-0.05, 0) is 22.9 Å². The molecule has 0 bridgehead atoms. The van der Waals surface area contributed by atoms with Crippen LogP contribution in [0.25, 0.3) is 0 Å². The molecule has 0 atom stereocenters.